The Balaban J connectivity index is 4.86. The molecule has 0 heterocycles. The van der Waals surface area contributed by atoms with Gasteiger partial charge in [-0.25, -0.2) is 4.79 Å². The Hall–Kier alpha value is -2.36. The molecular weight excluding hydrogens is 735 g/mol. The highest BCUT2D eigenvalue weighted by atomic mass is 16.7. The first kappa shape index (κ1) is 55.6. The van der Waals surface area contributed by atoms with Crippen molar-refractivity contribution in [1.82, 2.24) is 4.90 Å². The molecule has 10 nitrogen and oxygen atoms in total. The summed E-state index contributed by atoms with van der Waals surface area (Å²) in [4.78, 5) is 52.9. The lowest BCUT2D eigenvalue weighted by Crippen LogP contribution is -2.28. The number of hydrogen-bond donors (Lipinski definition) is 0. The van der Waals surface area contributed by atoms with E-state index in [1.807, 2.05) is 0 Å². The van der Waals surface area contributed by atoms with Crippen molar-refractivity contribution in [3.05, 3.63) is 0 Å². The molecule has 0 aliphatic rings. The Morgan fingerprint density at radius 1 is 0.431 bits per heavy atom. The van der Waals surface area contributed by atoms with Crippen LogP contribution in [0.3, 0.4) is 0 Å². The summed E-state index contributed by atoms with van der Waals surface area (Å²) < 4.78 is 27.4. The third kappa shape index (κ3) is 37.9. The fraction of sp³-hybridized carbons (Fsp3) is 0.917. The van der Waals surface area contributed by atoms with Crippen molar-refractivity contribution >= 4 is 24.1 Å². The Morgan fingerprint density at radius 3 is 1.31 bits per heavy atom. The Bertz CT molecular complexity index is 941. The fourth-order valence-corrected chi connectivity index (χ4v) is 7.10. The molecule has 0 fully saturated rings. The van der Waals surface area contributed by atoms with E-state index in [2.05, 4.69) is 39.5 Å². The molecule has 0 aromatic heterocycles. The normalized spacial score (nSPS) is 11.8. The molecule has 0 bridgehead atoms. The van der Waals surface area contributed by atoms with Crippen molar-refractivity contribution in [3.63, 3.8) is 0 Å². The number of carbonyl (C=O) groups is 4. The van der Waals surface area contributed by atoms with Gasteiger partial charge in [-0.3, -0.25) is 14.4 Å². The molecule has 0 spiro atoms. The highest BCUT2D eigenvalue weighted by Gasteiger charge is 2.22. The van der Waals surface area contributed by atoms with Crippen LogP contribution in [-0.2, 0) is 38.1 Å². The minimum absolute atomic E-state index is 0.0805. The summed E-state index contributed by atoms with van der Waals surface area (Å²) in [5.74, 6) is -2.24. The molecule has 0 radical (unpaired) electrons. The molecule has 0 saturated carbocycles. The topological polar surface area (TPSA) is 118 Å². The van der Waals surface area contributed by atoms with Crippen LogP contribution in [0.2, 0.25) is 0 Å². The summed E-state index contributed by atoms with van der Waals surface area (Å²) in [7, 11) is 0. The van der Waals surface area contributed by atoms with E-state index in [4.69, 9.17) is 23.7 Å². The van der Waals surface area contributed by atoms with Crippen LogP contribution in [0, 0.1) is 5.92 Å². The maximum absolute atomic E-state index is 12.9. The number of ether oxygens (including phenoxy) is 5. The molecular formula is C48H91NO9. The smallest absolute Gasteiger partial charge is 0.465 e. The molecule has 0 rings (SSSR count). The van der Waals surface area contributed by atoms with Crippen molar-refractivity contribution < 1.29 is 42.9 Å². The third-order valence-electron chi connectivity index (χ3n) is 11.0. The lowest BCUT2D eigenvalue weighted by Gasteiger charge is -2.19. The van der Waals surface area contributed by atoms with Crippen LogP contribution in [-0.4, -0.2) is 81.1 Å². The molecule has 0 amide bonds. The predicted octanol–water partition coefficient (Wildman–Crippen LogP) is 12.9. The zero-order chi connectivity index (χ0) is 42.7. The molecule has 10 heteroatoms. The van der Waals surface area contributed by atoms with Crippen molar-refractivity contribution in [3.8, 4) is 0 Å². The van der Waals surface area contributed by atoms with Gasteiger partial charge in [-0.05, 0) is 51.6 Å². The van der Waals surface area contributed by atoms with Gasteiger partial charge >= 0.3 is 24.1 Å². The van der Waals surface area contributed by atoms with E-state index < -0.39 is 30.4 Å². The number of carbonyl (C=O) groups excluding carboxylic acids is 4. The number of rotatable bonds is 43. The van der Waals surface area contributed by atoms with E-state index in [1.165, 1.54) is 116 Å². The molecule has 0 N–H and O–H groups in total. The van der Waals surface area contributed by atoms with Gasteiger partial charge in [-0.2, -0.15) is 0 Å². The number of nitrogens with zero attached hydrogens (tertiary/aromatic N) is 1. The average molecular weight is 826 g/mol. The van der Waals surface area contributed by atoms with Gasteiger partial charge in [0.05, 0.1) is 12.5 Å². The molecule has 0 aromatic carbocycles. The molecule has 0 aliphatic heterocycles. The quantitative estimate of drug-likeness (QED) is 0.0254. The Labute approximate surface area is 356 Å². The van der Waals surface area contributed by atoms with Gasteiger partial charge in [-0.15, -0.1) is 0 Å². The second kappa shape index (κ2) is 42.8. The zero-order valence-electron chi connectivity index (χ0n) is 38.4. The minimum atomic E-state index is -0.820. The summed E-state index contributed by atoms with van der Waals surface area (Å²) in [6.45, 7) is 13.3. The maximum Gasteiger partial charge on any atom is 0.508 e. The van der Waals surface area contributed by atoms with Crippen molar-refractivity contribution in [1.29, 1.82) is 0 Å². The molecule has 342 valence electrons. The van der Waals surface area contributed by atoms with E-state index in [0.29, 0.717) is 12.8 Å². The van der Waals surface area contributed by atoms with E-state index >= 15 is 0 Å². The second-order valence-corrected chi connectivity index (χ2v) is 16.4. The van der Waals surface area contributed by atoms with Gasteiger partial charge in [0.15, 0.2) is 0 Å². The summed E-state index contributed by atoms with van der Waals surface area (Å²) in [5.41, 5.74) is 0. The van der Waals surface area contributed by atoms with Crippen LogP contribution >= 0.6 is 0 Å². The van der Waals surface area contributed by atoms with Crippen molar-refractivity contribution in [2.75, 3.05) is 46.1 Å². The van der Waals surface area contributed by atoms with Gasteiger partial charge < -0.3 is 28.6 Å². The fourth-order valence-electron chi connectivity index (χ4n) is 7.10. The largest absolute Gasteiger partial charge is 0.508 e. The first-order valence-corrected chi connectivity index (χ1v) is 24.3. The first-order valence-electron chi connectivity index (χ1n) is 24.3. The predicted molar refractivity (Wildman–Crippen MR) is 236 cm³/mol. The van der Waals surface area contributed by atoms with Gasteiger partial charge in [0.25, 0.3) is 0 Å². The summed E-state index contributed by atoms with van der Waals surface area (Å²) in [6, 6.07) is 0. The van der Waals surface area contributed by atoms with Crippen LogP contribution in [0.25, 0.3) is 0 Å². The lowest BCUT2D eigenvalue weighted by atomic mass is 10.0. The standard InChI is InChI=1S/C48H91NO9/c1-6-11-14-17-20-21-22-23-24-25-26-29-32-36-45(50)55-40-43(42-57-48(53)54-38-33-37-49(9-4)10-5)41-56-46(51)39-47(52)58-44(34-30-27-18-15-12-7-2)35-31-28-19-16-13-8-3/h43-44H,6-42H2,1-5H3. The number of esters is 3. The lowest BCUT2D eigenvalue weighted by molar-refractivity contribution is -0.159. The first-order chi connectivity index (χ1) is 28.3. The van der Waals surface area contributed by atoms with Gasteiger partial charge in [0.2, 0.25) is 0 Å². The molecule has 0 aliphatic carbocycles. The van der Waals surface area contributed by atoms with Crippen LogP contribution in [0.15, 0.2) is 0 Å². The minimum Gasteiger partial charge on any atom is -0.465 e. The van der Waals surface area contributed by atoms with E-state index in [9.17, 15) is 19.2 Å². The van der Waals surface area contributed by atoms with Crippen molar-refractivity contribution in [2.45, 2.75) is 233 Å². The Morgan fingerprint density at radius 2 is 0.845 bits per heavy atom. The molecule has 58 heavy (non-hydrogen) atoms. The maximum atomic E-state index is 12.9. The van der Waals surface area contributed by atoms with Crippen LogP contribution < -0.4 is 0 Å². The van der Waals surface area contributed by atoms with Crippen molar-refractivity contribution in [2.24, 2.45) is 5.92 Å². The Kier molecular flexibility index (Phi) is 41.0. The molecule has 0 aromatic rings. The SMILES string of the molecule is CCCCCCCCCCCCCCCC(=O)OCC(COC(=O)CC(=O)OC(CCCCCCCC)CCCCCCCC)COC(=O)OCCCN(CC)CC. The highest BCUT2D eigenvalue weighted by Crippen LogP contribution is 2.18. The van der Waals surface area contributed by atoms with Crippen LogP contribution in [0.4, 0.5) is 4.79 Å². The van der Waals surface area contributed by atoms with E-state index in [-0.39, 0.29) is 38.5 Å². The van der Waals surface area contributed by atoms with Gasteiger partial charge in [0.1, 0.15) is 32.3 Å². The molecule has 0 saturated heterocycles. The molecule has 1 atom stereocenters. The second-order valence-electron chi connectivity index (χ2n) is 16.4. The van der Waals surface area contributed by atoms with E-state index in [0.717, 1.165) is 77.4 Å². The van der Waals surface area contributed by atoms with Gasteiger partial charge in [0, 0.05) is 13.0 Å². The van der Waals surface area contributed by atoms with Crippen LogP contribution in [0.5, 0.6) is 0 Å². The van der Waals surface area contributed by atoms with Gasteiger partial charge in [-0.1, -0.05) is 176 Å². The summed E-state index contributed by atoms with van der Waals surface area (Å²) in [5, 5.41) is 0. The zero-order valence-corrected chi connectivity index (χ0v) is 38.4. The average Bonchev–Trinajstić information content (AvgIpc) is 3.21. The highest BCUT2D eigenvalue weighted by molar-refractivity contribution is 5.91. The van der Waals surface area contributed by atoms with Crippen LogP contribution in [0.1, 0.15) is 227 Å². The third-order valence-corrected chi connectivity index (χ3v) is 11.0. The molecule has 1 unspecified atom stereocenters. The summed E-state index contributed by atoms with van der Waals surface area (Å²) in [6.07, 6.45) is 31.0. The number of hydrogen-bond acceptors (Lipinski definition) is 10. The van der Waals surface area contributed by atoms with E-state index in [1.54, 1.807) is 0 Å². The number of unbranched alkanes of at least 4 members (excludes halogenated alkanes) is 22. The summed E-state index contributed by atoms with van der Waals surface area (Å²) >= 11 is 0. The monoisotopic (exact) mass is 826 g/mol.